The Kier molecular flexibility index (Phi) is 2.58. The van der Waals surface area contributed by atoms with Crippen LogP contribution in [0.2, 0.25) is 0 Å². The van der Waals surface area contributed by atoms with Crippen molar-refractivity contribution in [2.75, 3.05) is 6.61 Å². The highest BCUT2D eigenvalue weighted by Crippen LogP contribution is 2.40. The van der Waals surface area contributed by atoms with Crippen molar-refractivity contribution in [3.05, 3.63) is 29.6 Å². The predicted octanol–water partition coefficient (Wildman–Crippen LogP) is 2.63. The fourth-order valence-electron chi connectivity index (χ4n) is 2.27. The average Bonchev–Trinajstić information content (AvgIpc) is 3.15. The lowest BCUT2D eigenvalue weighted by Crippen LogP contribution is -2.04. The number of rotatable bonds is 3. The number of nitrogens with zero attached hydrogens (tertiary/aromatic N) is 2. The summed E-state index contributed by atoms with van der Waals surface area (Å²) in [7, 11) is 2.03. The van der Waals surface area contributed by atoms with E-state index in [1.54, 1.807) is 6.07 Å². The highest BCUT2D eigenvalue weighted by molar-refractivity contribution is 5.93. The Labute approximate surface area is 106 Å². The lowest BCUT2D eigenvalue weighted by molar-refractivity contribution is 0.0526. The molecule has 0 radical (unpaired) electrons. The molecule has 1 fully saturated rings. The first kappa shape index (κ1) is 11.3. The second-order valence-corrected chi connectivity index (χ2v) is 4.73. The number of esters is 1. The van der Waals surface area contributed by atoms with E-state index in [1.807, 2.05) is 26.1 Å². The fourth-order valence-corrected chi connectivity index (χ4v) is 2.27. The van der Waals surface area contributed by atoms with Gasteiger partial charge >= 0.3 is 5.97 Å². The zero-order valence-corrected chi connectivity index (χ0v) is 10.6. The lowest BCUT2D eigenvalue weighted by Gasteiger charge is -2.02. The third kappa shape index (κ3) is 1.78. The van der Waals surface area contributed by atoms with Crippen LogP contribution in [0.3, 0.4) is 0 Å². The van der Waals surface area contributed by atoms with Gasteiger partial charge in [0.05, 0.1) is 23.2 Å². The van der Waals surface area contributed by atoms with Gasteiger partial charge in [-0.2, -0.15) is 0 Å². The molecule has 1 saturated carbocycles. The van der Waals surface area contributed by atoms with E-state index >= 15 is 0 Å². The standard InChI is InChI=1S/C14H16N2O2/c1-3-18-14(17)10-6-7-12-11(8-10)15-13(16(12)2)9-4-5-9/h6-9H,3-5H2,1-2H3. The summed E-state index contributed by atoms with van der Waals surface area (Å²) in [6, 6.07) is 5.57. The van der Waals surface area contributed by atoms with Gasteiger partial charge in [-0.25, -0.2) is 9.78 Å². The van der Waals surface area contributed by atoms with Crippen LogP contribution in [0, 0.1) is 0 Å². The summed E-state index contributed by atoms with van der Waals surface area (Å²) in [5.41, 5.74) is 2.53. The van der Waals surface area contributed by atoms with Gasteiger partial charge in [0.15, 0.2) is 0 Å². The van der Waals surface area contributed by atoms with Crippen LogP contribution in [0.4, 0.5) is 0 Å². The van der Waals surface area contributed by atoms with Gasteiger partial charge in [0.1, 0.15) is 5.82 Å². The summed E-state index contributed by atoms with van der Waals surface area (Å²) in [5.74, 6) is 1.46. The van der Waals surface area contributed by atoms with Crippen LogP contribution < -0.4 is 0 Å². The van der Waals surface area contributed by atoms with Crippen LogP contribution >= 0.6 is 0 Å². The number of benzene rings is 1. The van der Waals surface area contributed by atoms with E-state index < -0.39 is 0 Å². The zero-order valence-electron chi connectivity index (χ0n) is 10.6. The van der Waals surface area contributed by atoms with E-state index in [9.17, 15) is 4.79 Å². The third-order valence-electron chi connectivity index (χ3n) is 3.37. The van der Waals surface area contributed by atoms with Crippen molar-refractivity contribution in [3.63, 3.8) is 0 Å². The van der Waals surface area contributed by atoms with Crippen molar-refractivity contribution in [2.45, 2.75) is 25.7 Å². The van der Waals surface area contributed by atoms with Crippen molar-refractivity contribution in [1.29, 1.82) is 0 Å². The number of fused-ring (bicyclic) bond motifs is 1. The minimum absolute atomic E-state index is 0.280. The zero-order chi connectivity index (χ0) is 12.7. The maximum atomic E-state index is 11.7. The molecule has 4 nitrogen and oxygen atoms in total. The molecule has 1 aromatic carbocycles. The molecule has 2 aromatic rings. The van der Waals surface area contributed by atoms with E-state index in [2.05, 4.69) is 9.55 Å². The van der Waals surface area contributed by atoms with Crippen molar-refractivity contribution < 1.29 is 9.53 Å². The second-order valence-electron chi connectivity index (χ2n) is 4.73. The van der Waals surface area contributed by atoms with E-state index in [1.165, 1.54) is 12.8 Å². The molecule has 0 atom stereocenters. The predicted molar refractivity (Wildman–Crippen MR) is 68.6 cm³/mol. The molecule has 1 heterocycles. The molecular formula is C14H16N2O2. The summed E-state index contributed by atoms with van der Waals surface area (Å²) < 4.78 is 7.13. The normalized spacial score (nSPS) is 15.0. The molecule has 18 heavy (non-hydrogen) atoms. The Morgan fingerprint density at radius 2 is 2.28 bits per heavy atom. The number of hydrogen-bond acceptors (Lipinski definition) is 3. The van der Waals surface area contributed by atoms with E-state index in [0.29, 0.717) is 18.1 Å². The molecule has 3 rings (SSSR count). The Balaban J connectivity index is 2.04. The van der Waals surface area contributed by atoms with E-state index in [4.69, 9.17) is 4.74 Å². The number of carbonyl (C=O) groups is 1. The van der Waals surface area contributed by atoms with Crippen LogP contribution in [-0.4, -0.2) is 22.1 Å². The van der Waals surface area contributed by atoms with Crippen LogP contribution in [0.15, 0.2) is 18.2 Å². The number of aromatic nitrogens is 2. The van der Waals surface area contributed by atoms with Gasteiger partial charge in [-0.1, -0.05) is 0 Å². The van der Waals surface area contributed by atoms with Gasteiger partial charge in [0.25, 0.3) is 0 Å². The first-order valence-electron chi connectivity index (χ1n) is 6.34. The Bertz CT molecular complexity index is 612. The second kappa shape index (κ2) is 4.12. The smallest absolute Gasteiger partial charge is 0.338 e. The van der Waals surface area contributed by atoms with E-state index in [0.717, 1.165) is 16.9 Å². The van der Waals surface area contributed by atoms with Gasteiger partial charge in [-0.3, -0.25) is 0 Å². The fraction of sp³-hybridized carbons (Fsp3) is 0.429. The molecule has 94 valence electrons. The SMILES string of the molecule is CCOC(=O)c1ccc2c(c1)nc(C1CC1)n2C. The van der Waals surface area contributed by atoms with Crippen LogP contribution in [0.25, 0.3) is 11.0 Å². The number of carbonyl (C=O) groups excluding carboxylic acids is 1. The highest BCUT2D eigenvalue weighted by atomic mass is 16.5. The van der Waals surface area contributed by atoms with Gasteiger partial charge in [0, 0.05) is 13.0 Å². The molecule has 0 spiro atoms. The molecule has 0 bridgehead atoms. The highest BCUT2D eigenvalue weighted by Gasteiger charge is 2.28. The van der Waals surface area contributed by atoms with Crippen LogP contribution in [0.5, 0.6) is 0 Å². The number of ether oxygens (including phenoxy) is 1. The number of imidazole rings is 1. The minimum atomic E-state index is -0.280. The minimum Gasteiger partial charge on any atom is -0.462 e. The van der Waals surface area contributed by atoms with Crippen molar-refractivity contribution >= 4 is 17.0 Å². The summed E-state index contributed by atoms with van der Waals surface area (Å²) in [5, 5.41) is 0. The molecule has 1 aromatic heterocycles. The van der Waals surface area contributed by atoms with Gasteiger partial charge in [-0.05, 0) is 38.0 Å². The molecule has 0 saturated heterocycles. The number of hydrogen-bond donors (Lipinski definition) is 0. The largest absolute Gasteiger partial charge is 0.462 e. The van der Waals surface area contributed by atoms with Crippen molar-refractivity contribution in [2.24, 2.45) is 7.05 Å². The van der Waals surface area contributed by atoms with E-state index in [-0.39, 0.29) is 5.97 Å². The lowest BCUT2D eigenvalue weighted by atomic mass is 10.2. The monoisotopic (exact) mass is 244 g/mol. The summed E-state index contributed by atoms with van der Waals surface area (Å²) in [6.07, 6.45) is 2.45. The average molecular weight is 244 g/mol. The molecule has 0 aliphatic heterocycles. The summed E-state index contributed by atoms with van der Waals surface area (Å²) in [6.45, 7) is 2.20. The molecular weight excluding hydrogens is 228 g/mol. The molecule has 1 aliphatic carbocycles. The molecule has 0 N–H and O–H groups in total. The third-order valence-corrected chi connectivity index (χ3v) is 3.37. The van der Waals surface area contributed by atoms with Crippen molar-refractivity contribution in [1.82, 2.24) is 9.55 Å². The summed E-state index contributed by atoms with van der Waals surface area (Å²) >= 11 is 0. The van der Waals surface area contributed by atoms with Crippen molar-refractivity contribution in [3.8, 4) is 0 Å². The van der Waals surface area contributed by atoms with Gasteiger partial charge in [0.2, 0.25) is 0 Å². The van der Waals surface area contributed by atoms with Gasteiger partial charge < -0.3 is 9.30 Å². The first-order valence-corrected chi connectivity index (χ1v) is 6.34. The first-order chi connectivity index (χ1) is 8.70. The molecule has 0 unspecified atom stereocenters. The molecule has 4 heteroatoms. The van der Waals surface area contributed by atoms with Gasteiger partial charge in [-0.15, -0.1) is 0 Å². The Morgan fingerprint density at radius 3 is 2.94 bits per heavy atom. The molecule has 0 amide bonds. The molecule has 1 aliphatic rings. The van der Waals surface area contributed by atoms with Crippen LogP contribution in [0.1, 0.15) is 41.9 Å². The number of aryl methyl sites for hydroxylation is 1. The Hall–Kier alpha value is -1.84. The maximum Gasteiger partial charge on any atom is 0.338 e. The Morgan fingerprint density at radius 1 is 1.50 bits per heavy atom. The maximum absolute atomic E-state index is 11.7. The topological polar surface area (TPSA) is 44.1 Å². The summed E-state index contributed by atoms with van der Waals surface area (Å²) in [4.78, 5) is 16.3. The van der Waals surface area contributed by atoms with Crippen LogP contribution in [-0.2, 0) is 11.8 Å². The quantitative estimate of drug-likeness (QED) is 0.779.